The van der Waals surface area contributed by atoms with Gasteiger partial charge in [0.1, 0.15) is 17.7 Å². The molecule has 4 nitrogen and oxygen atoms in total. The molecule has 0 atom stereocenters. The van der Waals surface area contributed by atoms with Gasteiger partial charge >= 0.3 is 7.60 Å². The molecule has 0 spiro atoms. The van der Waals surface area contributed by atoms with Crippen molar-refractivity contribution in [2.24, 2.45) is 0 Å². The fourth-order valence-electron chi connectivity index (χ4n) is 2.06. The maximum Gasteiger partial charge on any atom is 0.338 e. The second kappa shape index (κ2) is 5.87. The molecule has 18 heavy (non-hydrogen) atoms. The van der Waals surface area contributed by atoms with Gasteiger partial charge in [-0.3, -0.25) is 4.57 Å². The zero-order valence-corrected chi connectivity index (χ0v) is 11.7. The summed E-state index contributed by atoms with van der Waals surface area (Å²) in [5.41, 5.74) is 1.17. The zero-order valence-electron chi connectivity index (χ0n) is 10.8. The SMILES string of the molecule is CCOP(=O)(Cc1cc2c(o1)C=CCC2)OCC. The van der Waals surface area contributed by atoms with Gasteiger partial charge in [-0.05, 0) is 44.4 Å². The highest BCUT2D eigenvalue weighted by Crippen LogP contribution is 2.51. The van der Waals surface area contributed by atoms with Crippen LogP contribution in [-0.4, -0.2) is 13.2 Å². The molecule has 0 saturated heterocycles. The Labute approximate surface area is 108 Å². The molecule has 0 aliphatic heterocycles. The van der Waals surface area contributed by atoms with Gasteiger partial charge in [0, 0.05) is 0 Å². The lowest BCUT2D eigenvalue weighted by Crippen LogP contribution is -1.98. The standard InChI is InChI=1S/C13H19O4P/c1-3-15-18(14,16-4-2)10-12-9-11-7-5-6-8-13(11)17-12/h6,8-9H,3-5,7,10H2,1-2H3. The second-order valence-corrected chi connectivity index (χ2v) is 6.20. The van der Waals surface area contributed by atoms with E-state index in [4.69, 9.17) is 13.5 Å². The number of aryl methyl sites for hydroxylation is 1. The van der Waals surface area contributed by atoms with Crippen molar-refractivity contribution in [2.75, 3.05) is 13.2 Å². The van der Waals surface area contributed by atoms with Crippen LogP contribution in [-0.2, 0) is 26.2 Å². The summed E-state index contributed by atoms with van der Waals surface area (Å²) in [6.07, 6.45) is 6.26. The summed E-state index contributed by atoms with van der Waals surface area (Å²) >= 11 is 0. The molecule has 1 aliphatic carbocycles. The summed E-state index contributed by atoms with van der Waals surface area (Å²) in [6, 6.07) is 1.96. The summed E-state index contributed by atoms with van der Waals surface area (Å²) in [6.45, 7) is 4.36. The first-order valence-corrected chi connectivity index (χ1v) is 8.06. The molecule has 0 saturated carbocycles. The molecule has 1 aliphatic rings. The van der Waals surface area contributed by atoms with Gasteiger partial charge in [0.05, 0.1) is 13.2 Å². The third-order valence-corrected chi connectivity index (χ3v) is 4.75. The van der Waals surface area contributed by atoms with Crippen LogP contribution >= 0.6 is 7.60 Å². The number of allylic oxidation sites excluding steroid dienone is 1. The first-order chi connectivity index (χ1) is 8.67. The first kappa shape index (κ1) is 13.6. The second-order valence-electron chi connectivity index (χ2n) is 4.15. The Morgan fingerprint density at radius 2 is 2.06 bits per heavy atom. The monoisotopic (exact) mass is 270 g/mol. The summed E-state index contributed by atoms with van der Waals surface area (Å²) < 4.78 is 28.6. The van der Waals surface area contributed by atoms with Gasteiger partial charge < -0.3 is 13.5 Å². The quantitative estimate of drug-likeness (QED) is 0.733. The van der Waals surface area contributed by atoms with Crippen molar-refractivity contribution < 1.29 is 18.0 Å². The van der Waals surface area contributed by atoms with Crippen LogP contribution in [0, 0.1) is 0 Å². The average molecular weight is 270 g/mol. The van der Waals surface area contributed by atoms with Crippen LogP contribution in [0.15, 0.2) is 16.6 Å². The molecular formula is C13H19O4P. The Morgan fingerprint density at radius 3 is 2.67 bits per heavy atom. The highest BCUT2D eigenvalue weighted by Gasteiger charge is 2.27. The average Bonchev–Trinajstić information content (AvgIpc) is 2.70. The van der Waals surface area contributed by atoms with E-state index in [1.54, 1.807) is 0 Å². The summed E-state index contributed by atoms with van der Waals surface area (Å²) in [5.74, 6) is 1.55. The molecule has 0 N–H and O–H groups in total. The fourth-order valence-corrected chi connectivity index (χ4v) is 3.64. The van der Waals surface area contributed by atoms with E-state index < -0.39 is 7.60 Å². The number of rotatable bonds is 6. The smallest absolute Gasteiger partial charge is 0.338 e. The van der Waals surface area contributed by atoms with Crippen molar-refractivity contribution in [3.8, 4) is 0 Å². The highest BCUT2D eigenvalue weighted by molar-refractivity contribution is 7.53. The normalized spacial score (nSPS) is 14.8. The maximum absolute atomic E-state index is 12.4. The van der Waals surface area contributed by atoms with Crippen molar-refractivity contribution in [1.82, 2.24) is 0 Å². The van der Waals surface area contributed by atoms with Crippen LogP contribution in [0.5, 0.6) is 0 Å². The molecule has 2 rings (SSSR count). The third kappa shape index (κ3) is 3.14. The predicted molar refractivity (Wildman–Crippen MR) is 70.6 cm³/mol. The van der Waals surface area contributed by atoms with Crippen LogP contribution in [0.25, 0.3) is 6.08 Å². The predicted octanol–water partition coefficient (Wildman–Crippen LogP) is 4.01. The minimum Gasteiger partial charge on any atom is -0.461 e. The van der Waals surface area contributed by atoms with Crippen LogP contribution in [0.3, 0.4) is 0 Å². The lowest BCUT2D eigenvalue weighted by Gasteiger charge is -2.15. The summed E-state index contributed by atoms with van der Waals surface area (Å²) in [7, 11) is -3.07. The van der Waals surface area contributed by atoms with Gasteiger partial charge in [0.2, 0.25) is 0 Å². The zero-order chi connectivity index (χ0) is 13.0. The molecule has 0 amide bonds. The lowest BCUT2D eigenvalue weighted by molar-refractivity contribution is 0.217. The van der Waals surface area contributed by atoms with Crippen molar-refractivity contribution >= 4 is 13.7 Å². The van der Waals surface area contributed by atoms with Gasteiger partial charge in [-0.1, -0.05) is 6.08 Å². The van der Waals surface area contributed by atoms with Crippen LogP contribution in [0.2, 0.25) is 0 Å². The Kier molecular flexibility index (Phi) is 4.44. The largest absolute Gasteiger partial charge is 0.461 e. The van der Waals surface area contributed by atoms with E-state index in [0.717, 1.165) is 18.6 Å². The van der Waals surface area contributed by atoms with Gasteiger partial charge in [-0.15, -0.1) is 0 Å². The highest BCUT2D eigenvalue weighted by atomic mass is 31.2. The molecule has 0 bridgehead atoms. The van der Waals surface area contributed by atoms with Crippen molar-refractivity contribution in [3.05, 3.63) is 29.2 Å². The number of fused-ring (bicyclic) bond motifs is 1. The van der Waals surface area contributed by atoms with E-state index in [1.165, 1.54) is 5.56 Å². The van der Waals surface area contributed by atoms with Gasteiger partial charge in [0.15, 0.2) is 0 Å². The molecule has 1 aromatic rings. The van der Waals surface area contributed by atoms with Crippen molar-refractivity contribution in [1.29, 1.82) is 0 Å². The summed E-state index contributed by atoms with van der Waals surface area (Å²) in [5, 5.41) is 0. The molecule has 100 valence electrons. The first-order valence-electron chi connectivity index (χ1n) is 6.33. The van der Waals surface area contributed by atoms with E-state index in [0.29, 0.717) is 19.0 Å². The van der Waals surface area contributed by atoms with Crippen LogP contribution < -0.4 is 0 Å². The molecule has 0 aromatic carbocycles. The van der Waals surface area contributed by atoms with E-state index in [1.807, 2.05) is 26.0 Å². The molecule has 1 heterocycles. The van der Waals surface area contributed by atoms with Crippen LogP contribution in [0.4, 0.5) is 0 Å². The third-order valence-electron chi connectivity index (χ3n) is 2.74. The Morgan fingerprint density at radius 1 is 1.33 bits per heavy atom. The van der Waals surface area contributed by atoms with Crippen molar-refractivity contribution in [2.45, 2.75) is 32.9 Å². The fraction of sp³-hybridized carbons (Fsp3) is 0.538. The maximum atomic E-state index is 12.4. The van der Waals surface area contributed by atoms with E-state index in [9.17, 15) is 4.57 Å². The van der Waals surface area contributed by atoms with Gasteiger partial charge in [-0.2, -0.15) is 0 Å². The van der Waals surface area contributed by atoms with E-state index in [2.05, 4.69) is 6.08 Å². The topological polar surface area (TPSA) is 48.7 Å². The van der Waals surface area contributed by atoms with E-state index in [-0.39, 0.29) is 6.16 Å². The van der Waals surface area contributed by atoms with Crippen molar-refractivity contribution in [3.63, 3.8) is 0 Å². The van der Waals surface area contributed by atoms with E-state index >= 15 is 0 Å². The molecular weight excluding hydrogens is 251 g/mol. The molecule has 1 aromatic heterocycles. The summed E-state index contributed by atoms with van der Waals surface area (Å²) in [4.78, 5) is 0. The number of furan rings is 1. The lowest BCUT2D eigenvalue weighted by atomic mass is 10.1. The molecule has 0 fully saturated rings. The Bertz CT molecular complexity index is 465. The minimum absolute atomic E-state index is 0.204. The Hall–Kier alpha value is -0.830. The molecule has 0 unspecified atom stereocenters. The van der Waals surface area contributed by atoms with Crippen LogP contribution in [0.1, 0.15) is 37.4 Å². The Balaban J connectivity index is 2.14. The van der Waals surface area contributed by atoms with Gasteiger partial charge in [0.25, 0.3) is 0 Å². The van der Waals surface area contributed by atoms with Gasteiger partial charge in [-0.25, -0.2) is 0 Å². The number of hydrogen-bond donors (Lipinski definition) is 0. The molecule has 5 heteroatoms. The molecule has 0 radical (unpaired) electrons. The minimum atomic E-state index is -3.07. The number of hydrogen-bond acceptors (Lipinski definition) is 4.